The molecule has 0 amide bonds. The molecule has 11 rings (SSSR count). The normalized spacial score (nSPS) is 12.0. The predicted molar refractivity (Wildman–Crippen MR) is 204 cm³/mol. The highest BCUT2D eigenvalue weighted by atomic mass is 16.3. The molecule has 0 saturated heterocycles. The zero-order chi connectivity index (χ0) is 32.8. The molecule has 0 spiro atoms. The third-order valence-corrected chi connectivity index (χ3v) is 9.93. The highest BCUT2D eigenvalue weighted by molar-refractivity contribution is 6.32. The molecular formula is C45H27N3O2. The van der Waals surface area contributed by atoms with E-state index in [1.165, 1.54) is 16.3 Å². The van der Waals surface area contributed by atoms with Gasteiger partial charge in [0.15, 0.2) is 5.58 Å². The number of fused-ring (bicyclic) bond motifs is 6. The van der Waals surface area contributed by atoms with Crippen LogP contribution < -0.4 is 4.90 Å². The van der Waals surface area contributed by atoms with Crippen molar-refractivity contribution >= 4 is 82.7 Å². The fraction of sp³-hybridized carbons (Fsp3) is 0. The second-order valence-corrected chi connectivity index (χ2v) is 12.8. The third-order valence-electron chi connectivity index (χ3n) is 9.93. The van der Waals surface area contributed by atoms with Crippen LogP contribution in [0.5, 0.6) is 0 Å². The van der Waals surface area contributed by atoms with E-state index in [4.69, 9.17) is 13.8 Å². The number of benzene rings is 8. The molecule has 0 N–H and O–H groups in total. The average Bonchev–Trinajstić information content (AvgIpc) is 3.88. The summed E-state index contributed by atoms with van der Waals surface area (Å²) in [5, 5.41) is 6.56. The molecule has 234 valence electrons. The Kier molecular flexibility index (Phi) is 5.60. The van der Waals surface area contributed by atoms with Crippen molar-refractivity contribution in [2.45, 2.75) is 0 Å². The van der Waals surface area contributed by atoms with Gasteiger partial charge < -0.3 is 18.3 Å². The van der Waals surface area contributed by atoms with Crippen molar-refractivity contribution < 1.29 is 8.83 Å². The van der Waals surface area contributed by atoms with E-state index < -0.39 is 0 Å². The summed E-state index contributed by atoms with van der Waals surface area (Å²) < 4.78 is 15.6. The van der Waals surface area contributed by atoms with Gasteiger partial charge in [0.25, 0.3) is 0 Å². The van der Waals surface area contributed by atoms with Crippen LogP contribution >= 0.6 is 0 Å². The second-order valence-electron chi connectivity index (χ2n) is 12.8. The lowest BCUT2D eigenvalue weighted by Crippen LogP contribution is -2.10. The second kappa shape index (κ2) is 10.3. The maximum Gasteiger partial charge on any atom is 0.227 e. The van der Waals surface area contributed by atoms with Gasteiger partial charge in [0.05, 0.1) is 16.7 Å². The highest BCUT2D eigenvalue weighted by Crippen LogP contribution is 2.47. The summed E-state index contributed by atoms with van der Waals surface area (Å²) in [5.41, 5.74) is 10.7. The number of oxazole rings is 1. The fourth-order valence-electron chi connectivity index (χ4n) is 7.80. The van der Waals surface area contributed by atoms with Crippen LogP contribution in [-0.4, -0.2) is 9.55 Å². The minimum Gasteiger partial charge on any atom is -0.456 e. The minimum absolute atomic E-state index is 0.604. The Balaban J connectivity index is 1.21. The molecule has 0 bridgehead atoms. The molecule has 0 aliphatic heterocycles. The van der Waals surface area contributed by atoms with Crippen molar-refractivity contribution in [2.75, 3.05) is 4.90 Å². The topological polar surface area (TPSA) is 47.3 Å². The molecule has 8 aromatic carbocycles. The average molecular weight is 642 g/mol. The van der Waals surface area contributed by atoms with Gasteiger partial charge in [-0.2, -0.15) is 0 Å². The Labute approximate surface area is 286 Å². The van der Waals surface area contributed by atoms with Gasteiger partial charge >= 0.3 is 0 Å². The summed E-state index contributed by atoms with van der Waals surface area (Å²) in [7, 11) is 0. The number of para-hydroxylation sites is 3. The number of nitrogens with zero attached hydrogens (tertiary/aromatic N) is 3. The predicted octanol–water partition coefficient (Wildman–Crippen LogP) is 12.6. The Morgan fingerprint density at radius 1 is 0.460 bits per heavy atom. The van der Waals surface area contributed by atoms with Crippen LogP contribution in [0.25, 0.3) is 82.8 Å². The van der Waals surface area contributed by atoms with Crippen LogP contribution in [0.2, 0.25) is 0 Å². The molecule has 5 heteroatoms. The van der Waals surface area contributed by atoms with E-state index in [1.54, 1.807) is 0 Å². The molecule has 3 heterocycles. The maximum atomic E-state index is 6.62. The Hall–Kier alpha value is -6.85. The molecule has 0 aliphatic carbocycles. The Bertz CT molecular complexity index is 3030. The molecule has 50 heavy (non-hydrogen) atoms. The minimum atomic E-state index is 0.604. The summed E-state index contributed by atoms with van der Waals surface area (Å²) in [6, 6.07) is 57.2. The highest BCUT2D eigenvalue weighted by Gasteiger charge is 2.25. The molecule has 0 radical (unpaired) electrons. The van der Waals surface area contributed by atoms with Crippen molar-refractivity contribution in [1.29, 1.82) is 0 Å². The molecule has 0 fully saturated rings. The molecular weight excluding hydrogens is 615 g/mol. The van der Waals surface area contributed by atoms with Crippen LogP contribution in [0.3, 0.4) is 0 Å². The van der Waals surface area contributed by atoms with E-state index in [9.17, 15) is 0 Å². The van der Waals surface area contributed by atoms with Gasteiger partial charge in [-0.3, -0.25) is 0 Å². The van der Waals surface area contributed by atoms with Crippen LogP contribution in [-0.2, 0) is 0 Å². The zero-order valence-corrected chi connectivity index (χ0v) is 26.7. The summed E-state index contributed by atoms with van der Waals surface area (Å²) >= 11 is 0. The number of aromatic nitrogens is 2. The summed E-state index contributed by atoms with van der Waals surface area (Å²) in [4.78, 5) is 7.45. The lowest BCUT2D eigenvalue weighted by atomic mass is 9.99. The molecule has 0 aliphatic rings. The number of anilines is 3. The van der Waals surface area contributed by atoms with Gasteiger partial charge in [-0.05, 0) is 66.7 Å². The van der Waals surface area contributed by atoms with Crippen molar-refractivity contribution in [2.24, 2.45) is 0 Å². The quantitative estimate of drug-likeness (QED) is 0.175. The first-order valence-electron chi connectivity index (χ1n) is 16.8. The molecule has 3 aromatic heterocycles. The first-order chi connectivity index (χ1) is 24.8. The van der Waals surface area contributed by atoms with E-state index in [-0.39, 0.29) is 0 Å². The van der Waals surface area contributed by atoms with Crippen molar-refractivity contribution in [3.05, 3.63) is 164 Å². The van der Waals surface area contributed by atoms with Crippen LogP contribution in [0, 0.1) is 0 Å². The van der Waals surface area contributed by atoms with Crippen LogP contribution in [0.4, 0.5) is 17.1 Å². The monoisotopic (exact) mass is 641 g/mol. The van der Waals surface area contributed by atoms with Gasteiger partial charge in [0, 0.05) is 61.0 Å². The maximum absolute atomic E-state index is 6.62. The fourth-order valence-corrected chi connectivity index (χ4v) is 7.80. The molecule has 5 nitrogen and oxygen atoms in total. The van der Waals surface area contributed by atoms with Crippen molar-refractivity contribution in [3.63, 3.8) is 0 Å². The SMILES string of the molecule is c1ccc(-c2nc3c4cc(N(c5ccccc5)c5ccc6c7ccccc7n(-c7ccccc7)c6c5)cc5oc6cccc(c3o2)c6c54)cc1. The van der Waals surface area contributed by atoms with Gasteiger partial charge in [-0.25, -0.2) is 4.98 Å². The van der Waals surface area contributed by atoms with Gasteiger partial charge in [-0.15, -0.1) is 0 Å². The first-order valence-corrected chi connectivity index (χ1v) is 16.8. The largest absolute Gasteiger partial charge is 0.456 e. The summed E-state index contributed by atoms with van der Waals surface area (Å²) in [5.74, 6) is 0.604. The van der Waals surface area contributed by atoms with Crippen molar-refractivity contribution in [1.82, 2.24) is 9.55 Å². The van der Waals surface area contributed by atoms with Crippen LogP contribution in [0.1, 0.15) is 0 Å². The molecule has 0 saturated carbocycles. The number of rotatable bonds is 5. The van der Waals surface area contributed by atoms with Crippen molar-refractivity contribution in [3.8, 4) is 17.1 Å². The summed E-state index contributed by atoms with van der Waals surface area (Å²) in [6.07, 6.45) is 0. The number of furan rings is 1. The number of hydrogen-bond donors (Lipinski definition) is 0. The smallest absolute Gasteiger partial charge is 0.227 e. The number of hydrogen-bond acceptors (Lipinski definition) is 4. The lowest BCUT2D eigenvalue weighted by molar-refractivity contribution is 0.623. The first kappa shape index (κ1) is 27.1. The van der Waals surface area contributed by atoms with E-state index in [1.807, 2.05) is 42.5 Å². The standard InChI is InChI=1S/C45H27N3O2/c1-4-13-28(14-5-1)45-46-43-36-25-32(27-40-42(36)41-35(44(43)50-45)20-12-22-39(41)49-40)47(29-15-6-2-7-16-29)31-23-24-34-33-19-10-11-21-37(33)48(38(34)26-31)30-17-8-3-9-18-30/h1-27H. The van der Waals surface area contributed by atoms with Gasteiger partial charge in [-0.1, -0.05) is 91.0 Å². The van der Waals surface area contributed by atoms with E-state index in [2.05, 4.69) is 131 Å². The summed E-state index contributed by atoms with van der Waals surface area (Å²) in [6.45, 7) is 0. The van der Waals surface area contributed by atoms with E-state index in [0.717, 1.165) is 77.6 Å². The molecule has 0 atom stereocenters. The molecule has 0 unspecified atom stereocenters. The van der Waals surface area contributed by atoms with E-state index in [0.29, 0.717) is 5.89 Å². The lowest BCUT2D eigenvalue weighted by Gasteiger charge is -2.26. The molecule has 11 aromatic rings. The van der Waals surface area contributed by atoms with Gasteiger partial charge in [0.1, 0.15) is 16.7 Å². The van der Waals surface area contributed by atoms with Gasteiger partial charge in [0.2, 0.25) is 5.89 Å². The van der Waals surface area contributed by atoms with E-state index >= 15 is 0 Å². The third kappa shape index (κ3) is 3.86. The zero-order valence-electron chi connectivity index (χ0n) is 26.7. The Morgan fingerprint density at radius 3 is 2.00 bits per heavy atom. The van der Waals surface area contributed by atoms with Crippen LogP contribution in [0.15, 0.2) is 173 Å². The Morgan fingerprint density at radius 2 is 1.16 bits per heavy atom.